The minimum absolute atomic E-state index is 0.0336. The van der Waals surface area contributed by atoms with E-state index in [4.69, 9.17) is 4.52 Å². The fraction of sp³-hybridized carbons (Fsp3) is 0.667. The lowest BCUT2D eigenvalue weighted by molar-refractivity contribution is -0.130. The van der Waals surface area contributed by atoms with Crippen molar-refractivity contribution in [2.75, 3.05) is 26.7 Å². The van der Waals surface area contributed by atoms with Crippen molar-refractivity contribution in [1.82, 2.24) is 30.1 Å². The highest BCUT2D eigenvalue weighted by Crippen LogP contribution is 2.22. The van der Waals surface area contributed by atoms with Crippen molar-refractivity contribution in [2.24, 2.45) is 0 Å². The molecule has 3 rings (SSSR count). The molecule has 1 atom stereocenters. The van der Waals surface area contributed by atoms with Crippen LogP contribution >= 0.6 is 0 Å². The third-order valence-corrected chi connectivity index (χ3v) is 4.82. The van der Waals surface area contributed by atoms with Crippen molar-refractivity contribution in [3.05, 3.63) is 29.7 Å². The summed E-state index contributed by atoms with van der Waals surface area (Å²) < 4.78 is 7.04. The first-order valence-electron chi connectivity index (χ1n) is 9.33. The molecule has 0 unspecified atom stereocenters. The van der Waals surface area contributed by atoms with Gasteiger partial charge in [0.15, 0.2) is 5.82 Å². The van der Waals surface area contributed by atoms with Gasteiger partial charge in [0, 0.05) is 50.3 Å². The van der Waals surface area contributed by atoms with Crippen LogP contribution in [-0.4, -0.2) is 57.4 Å². The van der Waals surface area contributed by atoms with E-state index in [1.54, 1.807) is 18.1 Å². The molecular weight excluding hydrogens is 332 g/mol. The molecule has 2 aromatic rings. The average Bonchev–Trinajstić information content (AvgIpc) is 3.29. The second kappa shape index (κ2) is 8.44. The molecule has 8 heteroatoms. The molecule has 0 aromatic carbocycles. The van der Waals surface area contributed by atoms with Crippen LogP contribution in [0.2, 0.25) is 0 Å². The number of piperidine rings is 1. The van der Waals surface area contributed by atoms with Crippen LogP contribution in [-0.2, 0) is 17.8 Å². The van der Waals surface area contributed by atoms with E-state index in [-0.39, 0.29) is 18.4 Å². The lowest BCUT2D eigenvalue weighted by Crippen LogP contribution is -2.34. The van der Waals surface area contributed by atoms with Gasteiger partial charge in [-0.25, -0.2) is 0 Å². The Hall–Kier alpha value is -2.22. The molecule has 1 fully saturated rings. The fourth-order valence-corrected chi connectivity index (χ4v) is 3.17. The van der Waals surface area contributed by atoms with Crippen LogP contribution < -0.4 is 5.32 Å². The molecule has 0 saturated carbocycles. The van der Waals surface area contributed by atoms with E-state index in [0.29, 0.717) is 30.6 Å². The largest absolute Gasteiger partial charge is 0.344 e. The number of nitrogens with zero attached hydrogens (tertiary/aromatic N) is 5. The number of likely N-dealkylation sites (N-methyl/N-ethyl adjacent to an activating group) is 1. The van der Waals surface area contributed by atoms with Gasteiger partial charge in [0.25, 0.3) is 0 Å². The molecule has 8 nitrogen and oxygen atoms in total. The maximum Gasteiger partial charge on any atom is 0.244 e. The minimum Gasteiger partial charge on any atom is -0.344 e. The SMILES string of the molecule is CC(C)c1nc(CCN(C)C(=O)Cn2nccc2[C@H]2CCCNC2)no1. The van der Waals surface area contributed by atoms with Crippen LogP contribution in [0.25, 0.3) is 0 Å². The van der Waals surface area contributed by atoms with Crippen molar-refractivity contribution in [3.63, 3.8) is 0 Å². The van der Waals surface area contributed by atoms with Gasteiger partial charge >= 0.3 is 0 Å². The van der Waals surface area contributed by atoms with E-state index < -0.39 is 0 Å². The van der Waals surface area contributed by atoms with E-state index in [0.717, 1.165) is 31.6 Å². The van der Waals surface area contributed by atoms with E-state index >= 15 is 0 Å². The summed E-state index contributed by atoms with van der Waals surface area (Å²) >= 11 is 0. The Morgan fingerprint density at radius 3 is 3.04 bits per heavy atom. The standard InChI is InChI=1S/C18H28N6O2/c1-13(2)18-21-16(22-26-18)7-10-23(3)17(25)12-24-15(6-9-20-24)14-5-4-8-19-11-14/h6,9,13-14,19H,4-5,7-8,10-12H2,1-3H3/t14-/m0/s1. The number of rotatable bonds is 7. The molecule has 0 bridgehead atoms. The Morgan fingerprint density at radius 1 is 1.50 bits per heavy atom. The number of hydrogen-bond acceptors (Lipinski definition) is 6. The number of nitrogens with one attached hydrogen (secondary N) is 1. The van der Waals surface area contributed by atoms with Crippen LogP contribution in [0, 0.1) is 0 Å². The summed E-state index contributed by atoms with van der Waals surface area (Å²) in [6, 6.07) is 2.03. The van der Waals surface area contributed by atoms with E-state index in [9.17, 15) is 4.79 Å². The summed E-state index contributed by atoms with van der Waals surface area (Å²) in [6.45, 7) is 6.86. The molecule has 1 aliphatic rings. The van der Waals surface area contributed by atoms with E-state index in [1.807, 2.05) is 24.6 Å². The molecule has 0 radical (unpaired) electrons. The number of aromatic nitrogens is 4. The Morgan fingerprint density at radius 2 is 2.35 bits per heavy atom. The van der Waals surface area contributed by atoms with Gasteiger partial charge in [-0.1, -0.05) is 19.0 Å². The Kier molecular flexibility index (Phi) is 6.03. The molecule has 1 amide bonds. The van der Waals surface area contributed by atoms with Gasteiger partial charge in [0.1, 0.15) is 6.54 Å². The molecule has 0 spiro atoms. The van der Waals surface area contributed by atoms with Crippen LogP contribution in [0.1, 0.15) is 55.9 Å². The van der Waals surface area contributed by atoms with Crippen LogP contribution in [0.15, 0.2) is 16.8 Å². The molecule has 2 aromatic heterocycles. The molecule has 0 aliphatic carbocycles. The predicted octanol–water partition coefficient (Wildman–Crippen LogP) is 1.56. The summed E-state index contributed by atoms with van der Waals surface area (Å²) in [5.74, 6) is 1.95. The van der Waals surface area contributed by atoms with Crippen molar-refractivity contribution in [1.29, 1.82) is 0 Å². The van der Waals surface area contributed by atoms with Gasteiger partial charge in [0.05, 0.1) is 0 Å². The molecule has 26 heavy (non-hydrogen) atoms. The maximum absolute atomic E-state index is 12.6. The molecule has 142 valence electrons. The molecule has 1 saturated heterocycles. The average molecular weight is 360 g/mol. The monoisotopic (exact) mass is 360 g/mol. The Balaban J connectivity index is 1.53. The van der Waals surface area contributed by atoms with Gasteiger partial charge in [-0.2, -0.15) is 10.1 Å². The zero-order valence-corrected chi connectivity index (χ0v) is 15.8. The van der Waals surface area contributed by atoms with E-state index in [1.165, 1.54) is 0 Å². The summed E-state index contributed by atoms with van der Waals surface area (Å²) in [7, 11) is 1.80. The molecule has 1 aliphatic heterocycles. The second-order valence-electron chi connectivity index (χ2n) is 7.23. The van der Waals surface area contributed by atoms with Gasteiger partial charge in [-0.3, -0.25) is 9.48 Å². The number of hydrogen-bond donors (Lipinski definition) is 1. The van der Waals surface area contributed by atoms with E-state index in [2.05, 4.69) is 20.6 Å². The predicted molar refractivity (Wildman–Crippen MR) is 96.8 cm³/mol. The van der Waals surface area contributed by atoms with Crippen molar-refractivity contribution >= 4 is 5.91 Å². The highest BCUT2D eigenvalue weighted by Gasteiger charge is 2.21. The highest BCUT2D eigenvalue weighted by atomic mass is 16.5. The first-order valence-corrected chi connectivity index (χ1v) is 9.33. The maximum atomic E-state index is 12.6. The first kappa shape index (κ1) is 18.6. The molecule has 3 heterocycles. The van der Waals surface area contributed by atoms with Gasteiger partial charge < -0.3 is 14.7 Å². The Labute approximate surface area is 153 Å². The number of amides is 1. The number of carbonyl (C=O) groups excluding carboxylic acids is 1. The molecule has 1 N–H and O–H groups in total. The van der Waals surface area contributed by atoms with Crippen molar-refractivity contribution in [3.8, 4) is 0 Å². The molecular formula is C18H28N6O2. The topological polar surface area (TPSA) is 89.1 Å². The smallest absolute Gasteiger partial charge is 0.244 e. The first-order chi connectivity index (χ1) is 12.5. The van der Waals surface area contributed by atoms with Gasteiger partial charge in [0.2, 0.25) is 11.8 Å². The number of carbonyl (C=O) groups is 1. The van der Waals surface area contributed by atoms with Crippen LogP contribution in [0.4, 0.5) is 0 Å². The van der Waals surface area contributed by atoms with Gasteiger partial charge in [-0.05, 0) is 25.5 Å². The third-order valence-electron chi connectivity index (χ3n) is 4.82. The Bertz CT molecular complexity index is 717. The third kappa shape index (κ3) is 4.49. The van der Waals surface area contributed by atoms with Crippen LogP contribution in [0.5, 0.6) is 0 Å². The second-order valence-corrected chi connectivity index (χ2v) is 7.23. The highest BCUT2D eigenvalue weighted by molar-refractivity contribution is 5.75. The summed E-state index contributed by atoms with van der Waals surface area (Å²) in [5.41, 5.74) is 1.14. The van der Waals surface area contributed by atoms with Crippen molar-refractivity contribution < 1.29 is 9.32 Å². The normalized spacial score (nSPS) is 17.6. The summed E-state index contributed by atoms with van der Waals surface area (Å²) in [5, 5.41) is 11.7. The summed E-state index contributed by atoms with van der Waals surface area (Å²) in [4.78, 5) is 18.6. The van der Waals surface area contributed by atoms with Crippen molar-refractivity contribution in [2.45, 2.75) is 51.5 Å². The quantitative estimate of drug-likeness (QED) is 0.806. The lowest BCUT2D eigenvalue weighted by Gasteiger charge is -2.24. The van der Waals surface area contributed by atoms with Gasteiger partial charge in [-0.15, -0.1) is 0 Å². The minimum atomic E-state index is 0.0336. The fourth-order valence-electron chi connectivity index (χ4n) is 3.17. The van der Waals surface area contributed by atoms with Crippen LogP contribution in [0.3, 0.4) is 0 Å². The summed E-state index contributed by atoms with van der Waals surface area (Å²) in [6.07, 6.45) is 4.66. The zero-order chi connectivity index (χ0) is 18.5. The zero-order valence-electron chi connectivity index (χ0n) is 15.8. The lowest BCUT2D eigenvalue weighted by atomic mass is 9.96.